The SMILES string of the molecule is CO[C@H]1[CH-][C@H](O)[C@H](O[C@@H]2OC(COS(=O)(=O)[O-])[C@@H](O[C@H]3[CH-][C@H](O)[C@H](O)[CH-]O3)[C@H](O)C2[NH-])[CH-]O1.O=S(=O)([O-])O.[Na+].[Na+].[Na+].[Na+].[Na+].[Na+]. The van der Waals surface area contributed by atoms with Crippen LogP contribution in [0.4, 0.5) is 0 Å². The molecule has 0 bridgehead atoms. The molecule has 2 unspecified atom stereocenters. The summed E-state index contributed by atoms with van der Waals surface area (Å²) in [5.74, 6) is 0. The van der Waals surface area contributed by atoms with Crippen LogP contribution in [0.2, 0.25) is 0 Å². The van der Waals surface area contributed by atoms with Gasteiger partial charge < -0.3 is 63.7 Å². The Hall–Kier alpha value is 5.30. The molecular formula is C17H26NNa6O18S2-. The molecule has 6 N–H and O–H groups in total. The van der Waals surface area contributed by atoms with Crippen molar-refractivity contribution in [3.63, 3.8) is 0 Å². The first-order chi connectivity index (χ1) is 17.5. The standard InChI is InChI=1S/C17H26NO14S.6Na.H2O4S/c1-26-12-3-8(20)10(5-28-12)30-17-14(18)15(22)16(11(31-17)6-29-33(23,24)25)32-13-2-7(19)9(21)4-27-13;;;;;;;1-5(2,3)4/h2-5,7-22H,6H2,1H3,(H,23,24,25);;;;;;;(H2,1,2,3,4)/q-5;6*+1;/p-2/t7-,8-,9+,10+,11?,12+,13-,14?,15+,16+,17+;;;;;;;/m0......./s1. The molecule has 27 heteroatoms. The predicted octanol–water partition coefficient (Wildman–Crippen LogP) is -22.1. The molecule has 0 amide bonds. The fourth-order valence-corrected chi connectivity index (χ4v) is 3.53. The predicted molar refractivity (Wildman–Crippen MR) is 112 cm³/mol. The van der Waals surface area contributed by atoms with Crippen LogP contribution in [-0.2, 0) is 53.4 Å². The molecule has 0 aromatic rings. The second kappa shape index (κ2) is 27.8. The molecule has 11 atom stereocenters. The molecular weight excluding hydrogens is 708 g/mol. The molecule has 226 valence electrons. The van der Waals surface area contributed by atoms with Gasteiger partial charge in [0.15, 0.2) is 0 Å². The minimum Gasteiger partial charge on any atom is -0.726 e. The first kappa shape index (κ1) is 58.6. The first-order valence-corrected chi connectivity index (χ1v) is 13.1. The van der Waals surface area contributed by atoms with Gasteiger partial charge in [0.05, 0.1) is 12.7 Å². The summed E-state index contributed by atoms with van der Waals surface area (Å²) in [6.07, 6.45) is -11.0. The number of rotatable bonds is 8. The number of hydrogen-bond acceptors (Lipinski definition) is 17. The van der Waals surface area contributed by atoms with Gasteiger partial charge in [-0.3, -0.25) is 8.74 Å². The van der Waals surface area contributed by atoms with E-state index in [1.165, 1.54) is 13.5 Å². The van der Waals surface area contributed by atoms with Gasteiger partial charge in [-0.25, -0.2) is 29.7 Å². The fourth-order valence-electron chi connectivity index (χ4n) is 3.23. The van der Waals surface area contributed by atoms with Crippen LogP contribution < -0.4 is 177 Å². The maximum atomic E-state index is 10.9. The Kier molecular flexibility index (Phi) is 37.1. The molecule has 0 aliphatic carbocycles. The third-order valence-electron chi connectivity index (χ3n) is 4.96. The van der Waals surface area contributed by atoms with Gasteiger partial charge in [0.2, 0.25) is 20.8 Å². The summed E-state index contributed by atoms with van der Waals surface area (Å²) in [6.45, 7) is 1.07. The Morgan fingerprint density at radius 3 is 1.77 bits per heavy atom. The first-order valence-electron chi connectivity index (χ1n) is 10.4. The van der Waals surface area contributed by atoms with Crippen molar-refractivity contribution in [2.45, 2.75) is 67.6 Å². The van der Waals surface area contributed by atoms with Crippen LogP contribution in [0.15, 0.2) is 0 Å². The van der Waals surface area contributed by atoms with Crippen molar-refractivity contribution < 1.29 is 261 Å². The molecule has 3 saturated heterocycles. The minimum absolute atomic E-state index is 0. The number of methoxy groups -OCH3 is 1. The Balaban J connectivity index is -0.000000427. The molecule has 3 aliphatic rings. The van der Waals surface area contributed by atoms with Crippen LogP contribution in [0.5, 0.6) is 0 Å². The topological polar surface area (TPSA) is 304 Å². The molecule has 0 radical (unpaired) electrons. The number of aliphatic hydroxyl groups excluding tert-OH is 4. The van der Waals surface area contributed by atoms with Crippen molar-refractivity contribution in [3.8, 4) is 0 Å². The summed E-state index contributed by atoms with van der Waals surface area (Å²) in [5, 5.41) is 40.0. The van der Waals surface area contributed by atoms with Crippen LogP contribution in [0, 0.1) is 26.1 Å². The van der Waals surface area contributed by atoms with Gasteiger partial charge in [0.25, 0.3) is 0 Å². The van der Waals surface area contributed by atoms with Crippen molar-refractivity contribution in [2.75, 3.05) is 13.7 Å². The summed E-state index contributed by atoms with van der Waals surface area (Å²) in [7, 11) is -8.71. The monoisotopic (exact) mass is 734 g/mol. The van der Waals surface area contributed by atoms with Crippen LogP contribution in [-0.4, -0.2) is 132 Å². The van der Waals surface area contributed by atoms with E-state index in [0.717, 1.165) is 19.6 Å². The summed E-state index contributed by atoms with van der Waals surface area (Å²) in [5.41, 5.74) is 8.24. The van der Waals surface area contributed by atoms with E-state index >= 15 is 0 Å². The van der Waals surface area contributed by atoms with Gasteiger partial charge in [-0.2, -0.15) is 13.2 Å². The van der Waals surface area contributed by atoms with E-state index in [9.17, 15) is 33.4 Å². The van der Waals surface area contributed by atoms with Gasteiger partial charge >= 0.3 is 177 Å². The number of nitrogens with one attached hydrogen (secondary N) is 1. The quantitative estimate of drug-likeness (QED) is 0.0669. The fraction of sp³-hybridized carbons (Fsp3) is 0.765. The van der Waals surface area contributed by atoms with Gasteiger partial charge in [0, 0.05) is 19.7 Å². The molecule has 3 heterocycles. The van der Waals surface area contributed by atoms with E-state index in [1.807, 2.05) is 0 Å². The zero-order chi connectivity index (χ0) is 28.8. The normalized spacial score (nSPS) is 35.2. The molecule has 44 heavy (non-hydrogen) atoms. The summed E-state index contributed by atoms with van der Waals surface area (Å²) < 4.78 is 101. The molecule has 0 aromatic heterocycles. The summed E-state index contributed by atoms with van der Waals surface area (Å²) >= 11 is 0. The Labute approximate surface area is 388 Å². The average molecular weight is 734 g/mol. The second-order valence-corrected chi connectivity index (χ2v) is 9.66. The van der Waals surface area contributed by atoms with E-state index in [2.05, 4.69) is 4.18 Å². The molecule has 0 aromatic carbocycles. The number of aliphatic hydroxyl groups is 4. The van der Waals surface area contributed by atoms with Crippen LogP contribution >= 0.6 is 0 Å². The molecule has 3 rings (SSSR count). The molecule has 19 nitrogen and oxygen atoms in total. The zero-order valence-electron chi connectivity index (χ0n) is 25.2. The van der Waals surface area contributed by atoms with Crippen LogP contribution in [0.3, 0.4) is 0 Å². The summed E-state index contributed by atoms with van der Waals surface area (Å²) in [6, 6.07) is -1.54. The van der Waals surface area contributed by atoms with Gasteiger partial charge in [-0.1, -0.05) is 18.2 Å². The minimum atomic E-state index is -5.15. The van der Waals surface area contributed by atoms with Crippen molar-refractivity contribution in [1.82, 2.24) is 0 Å². The van der Waals surface area contributed by atoms with Crippen molar-refractivity contribution in [2.24, 2.45) is 0 Å². The Bertz CT molecular complexity index is 952. The van der Waals surface area contributed by atoms with Gasteiger partial charge in [0.1, 0.15) is 18.5 Å². The smallest absolute Gasteiger partial charge is 0.726 e. The van der Waals surface area contributed by atoms with Gasteiger partial charge in [-0.15, -0.1) is 0 Å². The van der Waals surface area contributed by atoms with E-state index in [1.54, 1.807) is 0 Å². The maximum absolute atomic E-state index is 10.9. The van der Waals surface area contributed by atoms with Crippen LogP contribution in [0.25, 0.3) is 5.73 Å². The van der Waals surface area contributed by atoms with E-state index in [-0.39, 0.29) is 177 Å². The maximum Gasteiger partial charge on any atom is 1.00 e. The van der Waals surface area contributed by atoms with Crippen molar-refractivity contribution in [3.05, 3.63) is 31.8 Å². The number of hydrogen-bond donors (Lipinski definition) is 5. The third kappa shape index (κ3) is 22.4. The van der Waals surface area contributed by atoms with Gasteiger partial charge in [-0.05, 0) is 12.2 Å². The molecule has 0 spiro atoms. The molecule has 0 saturated carbocycles. The Morgan fingerprint density at radius 1 is 0.818 bits per heavy atom. The number of ether oxygens (including phenoxy) is 6. The van der Waals surface area contributed by atoms with E-state index in [4.69, 9.17) is 51.7 Å². The molecule has 3 fully saturated rings. The van der Waals surface area contributed by atoms with Crippen molar-refractivity contribution >= 4 is 20.8 Å². The van der Waals surface area contributed by atoms with Crippen molar-refractivity contribution in [1.29, 1.82) is 0 Å². The largest absolute Gasteiger partial charge is 1.00 e. The zero-order valence-corrected chi connectivity index (χ0v) is 38.9. The average Bonchev–Trinajstić information content (AvgIpc) is 2.79. The third-order valence-corrected chi connectivity index (χ3v) is 5.38. The second-order valence-electron chi connectivity index (χ2n) is 7.75. The Morgan fingerprint density at radius 2 is 1.32 bits per heavy atom. The summed E-state index contributed by atoms with van der Waals surface area (Å²) in [4.78, 5) is 0. The van der Waals surface area contributed by atoms with E-state index in [0.29, 0.717) is 0 Å². The van der Waals surface area contributed by atoms with E-state index < -0.39 is 95.0 Å². The van der Waals surface area contributed by atoms with Crippen LogP contribution in [0.1, 0.15) is 0 Å². The molecule has 3 aliphatic heterocycles.